The molecule has 0 atom stereocenters. The molecule has 2 amide bonds. The van der Waals surface area contributed by atoms with E-state index >= 15 is 0 Å². The van der Waals surface area contributed by atoms with Crippen LogP contribution in [-0.4, -0.2) is 31.4 Å². The predicted molar refractivity (Wildman–Crippen MR) is 139 cm³/mol. The van der Waals surface area contributed by atoms with Crippen molar-refractivity contribution >= 4 is 58.0 Å². The molecule has 0 radical (unpaired) electrons. The summed E-state index contributed by atoms with van der Waals surface area (Å²) in [6.45, 7) is 1.95. The zero-order chi connectivity index (χ0) is 26.0. The molecule has 2 aromatic carbocycles. The van der Waals surface area contributed by atoms with Gasteiger partial charge in [0.2, 0.25) is 0 Å². The van der Waals surface area contributed by atoms with Gasteiger partial charge in [-0.2, -0.15) is 10.2 Å². The van der Waals surface area contributed by atoms with E-state index in [4.69, 9.17) is 39.5 Å². The third-order valence-electron chi connectivity index (χ3n) is 5.42. The Hall–Kier alpha value is -3.53. The van der Waals surface area contributed by atoms with Crippen molar-refractivity contribution in [2.24, 2.45) is 14.1 Å². The van der Waals surface area contributed by atoms with E-state index in [-0.39, 0.29) is 28.0 Å². The Morgan fingerprint density at radius 2 is 1.56 bits per heavy atom. The summed E-state index contributed by atoms with van der Waals surface area (Å²) in [7, 11) is 3.39. The number of aryl methyl sites for hydroxylation is 2. The summed E-state index contributed by atoms with van der Waals surface area (Å²) in [4.78, 5) is 25.9. The van der Waals surface area contributed by atoms with Crippen molar-refractivity contribution in [2.45, 2.75) is 13.5 Å². The van der Waals surface area contributed by atoms with Gasteiger partial charge in [0, 0.05) is 24.7 Å². The van der Waals surface area contributed by atoms with E-state index in [9.17, 15) is 9.59 Å². The number of amides is 2. The Kier molecular flexibility index (Phi) is 7.53. The number of carbonyl (C=O) groups excluding carboxylic acids is 2. The summed E-state index contributed by atoms with van der Waals surface area (Å²) in [5, 5.41) is 14.8. The van der Waals surface area contributed by atoms with Crippen LogP contribution in [0.2, 0.25) is 15.1 Å². The van der Waals surface area contributed by atoms with Crippen LogP contribution in [0.15, 0.2) is 48.8 Å². The molecule has 0 spiro atoms. The van der Waals surface area contributed by atoms with Gasteiger partial charge < -0.3 is 15.4 Å². The van der Waals surface area contributed by atoms with Gasteiger partial charge in [-0.3, -0.25) is 19.0 Å². The van der Waals surface area contributed by atoms with E-state index in [0.29, 0.717) is 27.6 Å². The minimum Gasteiger partial charge on any atom is -0.486 e. The summed E-state index contributed by atoms with van der Waals surface area (Å²) < 4.78 is 8.79. The molecule has 0 aliphatic rings. The molecule has 2 aromatic heterocycles. The average Bonchev–Trinajstić information content (AvgIpc) is 3.34. The molecule has 0 unspecified atom stereocenters. The number of halogens is 3. The highest BCUT2D eigenvalue weighted by Gasteiger charge is 2.21. The Labute approximate surface area is 221 Å². The van der Waals surface area contributed by atoms with Gasteiger partial charge in [0.1, 0.15) is 12.3 Å². The maximum atomic E-state index is 13.0. The fourth-order valence-electron chi connectivity index (χ4n) is 3.42. The van der Waals surface area contributed by atoms with Gasteiger partial charge in [-0.1, -0.05) is 46.9 Å². The first-order chi connectivity index (χ1) is 17.1. The number of carbonyl (C=O) groups is 2. The molecule has 0 saturated carbocycles. The van der Waals surface area contributed by atoms with Crippen molar-refractivity contribution in [3.63, 3.8) is 0 Å². The van der Waals surface area contributed by atoms with Gasteiger partial charge in [-0.05, 0) is 36.8 Å². The van der Waals surface area contributed by atoms with Crippen LogP contribution in [0.25, 0.3) is 0 Å². The number of hydrogen-bond acceptors (Lipinski definition) is 5. The normalized spacial score (nSPS) is 10.8. The molecular formula is C24H21Cl3N6O3. The van der Waals surface area contributed by atoms with Crippen molar-refractivity contribution in [3.8, 4) is 5.75 Å². The monoisotopic (exact) mass is 546 g/mol. The first-order valence-electron chi connectivity index (χ1n) is 10.6. The van der Waals surface area contributed by atoms with Gasteiger partial charge in [0.05, 0.1) is 39.5 Å². The minimum atomic E-state index is -0.430. The van der Waals surface area contributed by atoms with Crippen molar-refractivity contribution in [3.05, 3.63) is 86.4 Å². The smallest absolute Gasteiger partial charge is 0.276 e. The van der Waals surface area contributed by atoms with Crippen LogP contribution in [0.5, 0.6) is 5.75 Å². The second-order valence-corrected chi connectivity index (χ2v) is 9.14. The molecular weight excluding hydrogens is 527 g/mol. The quantitative estimate of drug-likeness (QED) is 0.318. The van der Waals surface area contributed by atoms with E-state index in [1.807, 2.05) is 6.92 Å². The maximum absolute atomic E-state index is 13.0. The second kappa shape index (κ2) is 10.6. The predicted octanol–water partition coefficient (Wildman–Crippen LogP) is 5.51. The van der Waals surface area contributed by atoms with Crippen LogP contribution in [0.1, 0.15) is 32.1 Å². The second-order valence-electron chi connectivity index (χ2n) is 7.89. The molecule has 4 aromatic rings. The summed E-state index contributed by atoms with van der Waals surface area (Å²) in [5.41, 5.74) is 2.88. The summed E-state index contributed by atoms with van der Waals surface area (Å²) in [6, 6.07) is 9.91. The molecule has 4 rings (SSSR count). The molecule has 0 saturated heterocycles. The van der Waals surface area contributed by atoms with Crippen LogP contribution in [-0.2, 0) is 20.7 Å². The van der Waals surface area contributed by atoms with E-state index < -0.39 is 11.8 Å². The van der Waals surface area contributed by atoms with Crippen molar-refractivity contribution in [1.82, 2.24) is 19.6 Å². The van der Waals surface area contributed by atoms with Gasteiger partial charge >= 0.3 is 0 Å². The number of nitrogens with zero attached hydrogens (tertiary/aromatic N) is 4. The molecule has 2 N–H and O–H groups in total. The summed E-state index contributed by atoms with van der Waals surface area (Å²) >= 11 is 18.3. The fourth-order valence-corrected chi connectivity index (χ4v) is 4.35. The lowest BCUT2D eigenvalue weighted by atomic mass is 10.1. The number of nitrogens with one attached hydrogen (secondary N) is 2. The van der Waals surface area contributed by atoms with Gasteiger partial charge in [-0.15, -0.1) is 0 Å². The SMILES string of the molecule is Cc1c(NC(=O)c2c(NC(=O)c3cccc(COc4c(Cl)cc(Cl)cc4Cl)c3)cnn2C)cnn1C. The van der Waals surface area contributed by atoms with Crippen molar-refractivity contribution in [2.75, 3.05) is 10.6 Å². The lowest BCUT2D eigenvalue weighted by molar-refractivity contribution is 0.101. The zero-order valence-electron chi connectivity index (χ0n) is 19.5. The van der Waals surface area contributed by atoms with Crippen LogP contribution in [0.4, 0.5) is 11.4 Å². The number of benzene rings is 2. The number of ether oxygens (including phenoxy) is 1. The number of aromatic nitrogens is 4. The van der Waals surface area contributed by atoms with Gasteiger partial charge in [0.25, 0.3) is 11.8 Å². The van der Waals surface area contributed by atoms with Crippen LogP contribution >= 0.6 is 34.8 Å². The topological polar surface area (TPSA) is 103 Å². The third-order valence-corrected chi connectivity index (χ3v) is 6.20. The maximum Gasteiger partial charge on any atom is 0.276 e. The molecule has 186 valence electrons. The summed E-state index contributed by atoms with van der Waals surface area (Å²) in [5.74, 6) is -0.549. The van der Waals surface area contributed by atoms with E-state index in [2.05, 4.69) is 20.8 Å². The van der Waals surface area contributed by atoms with Crippen LogP contribution in [0.3, 0.4) is 0 Å². The molecule has 2 heterocycles. The molecule has 0 bridgehead atoms. The molecule has 0 aliphatic heterocycles. The highest BCUT2D eigenvalue weighted by molar-refractivity contribution is 6.40. The van der Waals surface area contributed by atoms with E-state index in [0.717, 1.165) is 5.69 Å². The number of hydrogen-bond donors (Lipinski definition) is 2. The summed E-state index contributed by atoms with van der Waals surface area (Å²) in [6.07, 6.45) is 2.97. The first-order valence-corrected chi connectivity index (χ1v) is 11.8. The van der Waals surface area contributed by atoms with Crippen LogP contribution < -0.4 is 15.4 Å². The fraction of sp³-hybridized carbons (Fsp3) is 0.167. The molecule has 0 fully saturated rings. The molecule has 0 aliphatic carbocycles. The number of anilines is 2. The largest absolute Gasteiger partial charge is 0.486 e. The Morgan fingerprint density at radius 1 is 0.917 bits per heavy atom. The first kappa shape index (κ1) is 25.6. The van der Waals surface area contributed by atoms with Crippen molar-refractivity contribution < 1.29 is 14.3 Å². The molecule has 36 heavy (non-hydrogen) atoms. The Morgan fingerprint density at radius 3 is 2.22 bits per heavy atom. The Balaban J connectivity index is 1.48. The average molecular weight is 548 g/mol. The highest BCUT2D eigenvalue weighted by Crippen LogP contribution is 2.36. The number of rotatable bonds is 7. The minimum absolute atomic E-state index is 0.118. The molecule has 12 heteroatoms. The highest BCUT2D eigenvalue weighted by atomic mass is 35.5. The van der Waals surface area contributed by atoms with Crippen LogP contribution in [0, 0.1) is 6.92 Å². The molecule has 9 nitrogen and oxygen atoms in total. The standard InChI is InChI=1S/C24H21Cl3N6O3/c1-13-19(10-28-32(13)2)30-24(35)21-20(11-29-33(21)3)31-23(34)15-6-4-5-14(7-15)12-36-22-17(26)8-16(25)9-18(22)27/h4-11H,12H2,1-3H3,(H,30,35)(H,31,34). The van der Waals surface area contributed by atoms with E-state index in [1.54, 1.807) is 49.2 Å². The zero-order valence-corrected chi connectivity index (χ0v) is 21.7. The van der Waals surface area contributed by atoms with E-state index in [1.165, 1.54) is 23.0 Å². The van der Waals surface area contributed by atoms with Crippen molar-refractivity contribution in [1.29, 1.82) is 0 Å². The van der Waals surface area contributed by atoms with Gasteiger partial charge in [-0.25, -0.2) is 0 Å². The lowest BCUT2D eigenvalue weighted by Gasteiger charge is -2.12. The van der Waals surface area contributed by atoms with Gasteiger partial charge in [0.15, 0.2) is 5.75 Å². The third kappa shape index (κ3) is 5.48. The lowest BCUT2D eigenvalue weighted by Crippen LogP contribution is -2.20. The Bertz CT molecular complexity index is 1440.